The molecule has 0 heteroatoms. The Hall–Kier alpha value is -5.46. The monoisotopic (exact) mass is 530 g/mol. The Morgan fingerprint density at radius 1 is 0.238 bits per heavy atom. The third-order valence-corrected chi connectivity index (χ3v) is 9.00. The molecule has 0 spiro atoms. The second-order valence-electron chi connectivity index (χ2n) is 11.2. The summed E-state index contributed by atoms with van der Waals surface area (Å²) in [6.45, 7) is 0. The predicted molar refractivity (Wildman–Crippen MR) is 180 cm³/mol. The average molecular weight is 531 g/mol. The van der Waals surface area contributed by atoms with Crippen molar-refractivity contribution in [2.45, 2.75) is 0 Å². The highest BCUT2D eigenvalue weighted by Crippen LogP contribution is 2.58. The standard InChI is InChI=1S/C42H26/c1-3-14-28(15-4-1)38-34-20-9-10-21-35(34)39(29-16-5-2-6-17-29)42-37-26-25-32(33-23-12-24-36(40(33)37)41(38)42)31-22-11-18-27-13-7-8-19-30(27)31/h1-26H. The molecule has 1 aliphatic carbocycles. The smallest absolute Gasteiger partial charge is 0.000741 e. The first-order valence-electron chi connectivity index (χ1n) is 14.6. The molecule has 1 aliphatic rings. The van der Waals surface area contributed by atoms with Crippen LogP contribution in [0.5, 0.6) is 0 Å². The second kappa shape index (κ2) is 9.03. The molecule has 0 radical (unpaired) electrons. The van der Waals surface area contributed by atoms with E-state index in [9.17, 15) is 0 Å². The van der Waals surface area contributed by atoms with Gasteiger partial charge in [0.05, 0.1) is 0 Å². The minimum atomic E-state index is 1.25. The summed E-state index contributed by atoms with van der Waals surface area (Å²) >= 11 is 0. The number of hydrogen-bond acceptors (Lipinski definition) is 0. The van der Waals surface area contributed by atoms with Crippen molar-refractivity contribution in [1.29, 1.82) is 0 Å². The van der Waals surface area contributed by atoms with Gasteiger partial charge in [-0.3, -0.25) is 0 Å². The van der Waals surface area contributed by atoms with Crippen LogP contribution in [0.1, 0.15) is 0 Å². The van der Waals surface area contributed by atoms with E-state index in [0.717, 1.165) is 0 Å². The van der Waals surface area contributed by atoms with Crippen molar-refractivity contribution in [2.75, 3.05) is 0 Å². The first-order valence-corrected chi connectivity index (χ1v) is 14.6. The van der Waals surface area contributed by atoms with Gasteiger partial charge < -0.3 is 0 Å². The zero-order valence-corrected chi connectivity index (χ0v) is 23.0. The maximum absolute atomic E-state index is 2.38. The van der Waals surface area contributed by atoms with Gasteiger partial charge in [-0.1, -0.05) is 158 Å². The van der Waals surface area contributed by atoms with E-state index < -0.39 is 0 Å². The van der Waals surface area contributed by atoms with Crippen LogP contribution in [0.15, 0.2) is 158 Å². The number of fused-ring (bicyclic) bond motifs is 5. The van der Waals surface area contributed by atoms with E-state index >= 15 is 0 Å². The third kappa shape index (κ3) is 3.24. The van der Waals surface area contributed by atoms with Gasteiger partial charge in [-0.2, -0.15) is 0 Å². The lowest BCUT2D eigenvalue weighted by molar-refractivity contribution is 1.62. The summed E-state index contributed by atoms with van der Waals surface area (Å²) in [5.74, 6) is 0. The van der Waals surface area contributed by atoms with Crippen molar-refractivity contribution in [3.63, 3.8) is 0 Å². The molecule has 0 nitrogen and oxygen atoms in total. The highest BCUT2D eigenvalue weighted by atomic mass is 14.3. The Kier molecular flexibility index (Phi) is 5.00. The fourth-order valence-corrected chi connectivity index (χ4v) is 7.30. The van der Waals surface area contributed by atoms with Gasteiger partial charge in [0.2, 0.25) is 0 Å². The molecule has 0 aromatic heterocycles. The lowest BCUT2D eigenvalue weighted by atomic mass is 9.82. The average Bonchev–Trinajstić information content (AvgIpc) is 3.39. The molecule has 9 rings (SSSR count). The third-order valence-electron chi connectivity index (χ3n) is 9.00. The Morgan fingerprint density at radius 2 is 0.667 bits per heavy atom. The van der Waals surface area contributed by atoms with Crippen LogP contribution in [0.2, 0.25) is 0 Å². The molecular formula is C42H26. The van der Waals surface area contributed by atoms with E-state index in [0.29, 0.717) is 0 Å². The van der Waals surface area contributed by atoms with Crippen molar-refractivity contribution < 1.29 is 0 Å². The second-order valence-corrected chi connectivity index (χ2v) is 11.2. The number of benzene rings is 8. The molecule has 0 saturated carbocycles. The first kappa shape index (κ1) is 23.3. The Bertz CT molecular complexity index is 2230. The van der Waals surface area contributed by atoms with Gasteiger partial charge in [0.25, 0.3) is 0 Å². The van der Waals surface area contributed by atoms with E-state index in [1.807, 2.05) is 0 Å². The van der Waals surface area contributed by atoms with Crippen molar-refractivity contribution >= 4 is 32.3 Å². The lowest BCUT2D eigenvalue weighted by Gasteiger charge is -2.20. The van der Waals surface area contributed by atoms with E-state index in [2.05, 4.69) is 158 Å². The number of rotatable bonds is 3. The van der Waals surface area contributed by atoms with Crippen LogP contribution in [-0.2, 0) is 0 Å². The highest BCUT2D eigenvalue weighted by Gasteiger charge is 2.31. The Morgan fingerprint density at radius 3 is 1.33 bits per heavy atom. The predicted octanol–water partition coefficient (Wildman–Crippen LogP) is 11.8. The summed E-state index contributed by atoms with van der Waals surface area (Å²) in [5.41, 5.74) is 13.0. The first-order chi connectivity index (χ1) is 20.9. The van der Waals surface area contributed by atoms with E-state index in [4.69, 9.17) is 0 Å². The fraction of sp³-hybridized carbons (Fsp3) is 0. The summed E-state index contributed by atoms with van der Waals surface area (Å²) < 4.78 is 0. The zero-order chi connectivity index (χ0) is 27.6. The SMILES string of the molecule is c1ccc(-c2c3c(c(-c4ccccc4)c4ccccc24)-c2ccc(-c4cccc5ccccc45)c4cccc-3c24)cc1. The molecule has 0 bridgehead atoms. The normalized spacial score (nSPS) is 11.8. The van der Waals surface area contributed by atoms with Crippen LogP contribution in [0.25, 0.3) is 88.0 Å². The molecule has 8 aromatic rings. The summed E-state index contributed by atoms with van der Waals surface area (Å²) in [4.78, 5) is 0. The fourth-order valence-electron chi connectivity index (χ4n) is 7.30. The number of hydrogen-bond donors (Lipinski definition) is 0. The summed E-state index contributed by atoms with van der Waals surface area (Å²) in [5, 5.41) is 7.80. The van der Waals surface area contributed by atoms with Gasteiger partial charge in [-0.15, -0.1) is 0 Å². The maximum Gasteiger partial charge on any atom is -0.000741 e. The van der Waals surface area contributed by atoms with Gasteiger partial charge in [0.15, 0.2) is 0 Å². The molecule has 8 aromatic carbocycles. The minimum Gasteiger partial charge on any atom is -0.0622 e. The molecule has 0 saturated heterocycles. The maximum atomic E-state index is 2.38. The van der Waals surface area contributed by atoms with Gasteiger partial charge in [-0.25, -0.2) is 0 Å². The molecule has 42 heavy (non-hydrogen) atoms. The summed E-state index contributed by atoms with van der Waals surface area (Å²) in [6.07, 6.45) is 0. The van der Waals surface area contributed by atoms with E-state index in [1.165, 1.54) is 88.0 Å². The van der Waals surface area contributed by atoms with Crippen LogP contribution in [-0.4, -0.2) is 0 Å². The molecule has 0 atom stereocenters. The van der Waals surface area contributed by atoms with E-state index in [-0.39, 0.29) is 0 Å². The molecule has 194 valence electrons. The molecule has 0 aliphatic heterocycles. The van der Waals surface area contributed by atoms with Crippen LogP contribution in [0.3, 0.4) is 0 Å². The zero-order valence-electron chi connectivity index (χ0n) is 23.0. The quantitative estimate of drug-likeness (QED) is 0.213. The van der Waals surface area contributed by atoms with Gasteiger partial charge in [0, 0.05) is 0 Å². The highest BCUT2D eigenvalue weighted by molar-refractivity contribution is 6.29. The van der Waals surface area contributed by atoms with Crippen LogP contribution in [0, 0.1) is 0 Å². The Balaban J connectivity index is 1.46. The Labute approximate surface area is 245 Å². The van der Waals surface area contributed by atoms with Crippen molar-refractivity contribution in [1.82, 2.24) is 0 Å². The molecule has 0 unspecified atom stereocenters. The van der Waals surface area contributed by atoms with Crippen molar-refractivity contribution in [3.8, 4) is 55.6 Å². The van der Waals surface area contributed by atoms with Gasteiger partial charge >= 0.3 is 0 Å². The van der Waals surface area contributed by atoms with Crippen LogP contribution >= 0.6 is 0 Å². The van der Waals surface area contributed by atoms with E-state index in [1.54, 1.807) is 0 Å². The van der Waals surface area contributed by atoms with Crippen molar-refractivity contribution in [3.05, 3.63) is 158 Å². The summed E-state index contributed by atoms with van der Waals surface area (Å²) in [6, 6.07) is 57.8. The lowest BCUT2D eigenvalue weighted by Crippen LogP contribution is -1.93. The minimum absolute atomic E-state index is 1.25. The molecule has 0 N–H and O–H groups in total. The molecule has 0 heterocycles. The topological polar surface area (TPSA) is 0 Å². The van der Waals surface area contributed by atoms with Crippen LogP contribution in [0.4, 0.5) is 0 Å². The molecule has 0 amide bonds. The van der Waals surface area contributed by atoms with Crippen molar-refractivity contribution in [2.24, 2.45) is 0 Å². The molecular weight excluding hydrogens is 504 g/mol. The molecule has 0 fully saturated rings. The van der Waals surface area contributed by atoms with Crippen LogP contribution < -0.4 is 0 Å². The largest absolute Gasteiger partial charge is 0.0622 e. The van der Waals surface area contributed by atoms with Gasteiger partial charge in [-0.05, 0) is 88.0 Å². The van der Waals surface area contributed by atoms with Gasteiger partial charge in [0.1, 0.15) is 0 Å². The summed E-state index contributed by atoms with van der Waals surface area (Å²) in [7, 11) is 0.